The van der Waals surface area contributed by atoms with Crippen LogP contribution < -0.4 is 5.56 Å². The fourth-order valence-electron chi connectivity index (χ4n) is 0.817. The number of hydrogen-bond acceptors (Lipinski definition) is 1. The topological polar surface area (TPSA) is 32.9 Å². The zero-order chi connectivity index (χ0) is 10.0. The molecule has 0 aliphatic carbocycles. The van der Waals surface area contributed by atoms with Crippen LogP contribution in [0.5, 0.6) is 0 Å². The van der Waals surface area contributed by atoms with Gasteiger partial charge in [-0.2, -0.15) is 0 Å². The minimum Gasteiger partial charge on any atom is -0.321 e. The Morgan fingerprint density at radius 3 is 2.62 bits per heavy atom. The lowest BCUT2D eigenvalue weighted by atomic mass is 10.3. The first kappa shape index (κ1) is 10.7. The number of rotatable bonds is 2. The van der Waals surface area contributed by atoms with Gasteiger partial charge in [-0.3, -0.25) is 4.79 Å². The van der Waals surface area contributed by atoms with Gasteiger partial charge < -0.3 is 4.98 Å². The van der Waals surface area contributed by atoms with Crippen molar-refractivity contribution in [3.05, 3.63) is 32.2 Å². The van der Waals surface area contributed by atoms with E-state index >= 15 is 0 Å². The predicted molar refractivity (Wildman–Crippen MR) is 49.3 cm³/mol. The highest BCUT2D eigenvalue weighted by atomic mass is 79.9. The minimum atomic E-state index is -2.69. The van der Waals surface area contributed by atoms with Crippen LogP contribution in [0.3, 0.4) is 0 Å². The number of aromatic nitrogens is 1. The first-order chi connectivity index (χ1) is 6.06. The highest BCUT2D eigenvalue weighted by molar-refractivity contribution is 9.10. The van der Waals surface area contributed by atoms with Crippen LogP contribution in [0.4, 0.5) is 8.78 Å². The summed E-state index contributed by atoms with van der Waals surface area (Å²) in [5.41, 5.74) is -0.739. The van der Waals surface area contributed by atoms with Crippen LogP contribution in [0.25, 0.3) is 0 Å². The van der Waals surface area contributed by atoms with Crippen molar-refractivity contribution in [3.63, 3.8) is 0 Å². The van der Waals surface area contributed by atoms with Crippen molar-refractivity contribution in [2.45, 2.75) is 12.3 Å². The number of halogens is 4. The van der Waals surface area contributed by atoms with E-state index in [4.69, 9.17) is 11.6 Å². The zero-order valence-corrected chi connectivity index (χ0v) is 8.62. The maximum atomic E-state index is 12.1. The van der Waals surface area contributed by atoms with Gasteiger partial charge in [0.05, 0.1) is 11.6 Å². The standard InChI is InChI=1S/C7H5BrClF2NO/c8-4-1-5(6(10)11)12-7(13)3(4)2-9/h1,6H,2H2,(H,12,13). The van der Waals surface area contributed by atoms with Gasteiger partial charge in [0.25, 0.3) is 12.0 Å². The van der Waals surface area contributed by atoms with E-state index in [9.17, 15) is 13.6 Å². The molecule has 13 heavy (non-hydrogen) atoms. The van der Waals surface area contributed by atoms with Gasteiger partial charge in [0.2, 0.25) is 0 Å². The molecule has 1 N–H and O–H groups in total. The molecule has 1 aromatic heterocycles. The lowest BCUT2D eigenvalue weighted by molar-refractivity contribution is 0.145. The number of aromatic amines is 1. The first-order valence-electron chi connectivity index (χ1n) is 3.32. The Kier molecular flexibility index (Phi) is 3.44. The molecule has 0 amide bonds. The van der Waals surface area contributed by atoms with Crippen molar-refractivity contribution < 1.29 is 8.78 Å². The minimum absolute atomic E-state index is 0.0144. The normalized spacial score (nSPS) is 10.8. The highest BCUT2D eigenvalue weighted by Gasteiger charge is 2.12. The second-order valence-electron chi connectivity index (χ2n) is 2.31. The van der Waals surface area contributed by atoms with E-state index in [2.05, 4.69) is 15.9 Å². The monoisotopic (exact) mass is 271 g/mol. The summed E-state index contributed by atoms with van der Waals surface area (Å²) < 4.78 is 24.6. The summed E-state index contributed by atoms with van der Waals surface area (Å²) in [4.78, 5) is 13.1. The van der Waals surface area contributed by atoms with Gasteiger partial charge in [-0.15, -0.1) is 11.6 Å². The van der Waals surface area contributed by atoms with Crippen LogP contribution in [0.2, 0.25) is 0 Å². The average molecular weight is 272 g/mol. The summed E-state index contributed by atoms with van der Waals surface area (Å²) in [5, 5.41) is 0. The second kappa shape index (κ2) is 4.19. The van der Waals surface area contributed by atoms with Gasteiger partial charge in [0.15, 0.2) is 0 Å². The molecule has 0 aliphatic heterocycles. The van der Waals surface area contributed by atoms with Gasteiger partial charge in [-0.25, -0.2) is 8.78 Å². The Morgan fingerprint density at radius 2 is 2.23 bits per heavy atom. The van der Waals surface area contributed by atoms with Gasteiger partial charge in [0.1, 0.15) is 0 Å². The number of H-pyrrole nitrogens is 1. The van der Waals surface area contributed by atoms with E-state index in [0.29, 0.717) is 4.47 Å². The van der Waals surface area contributed by atoms with Crippen LogP contribution in [0, 0.1) is 0 Å². The van der Waals surface area contributed by atoms with E-state index in [-0.39, 0.29) is 11.4 Å². The van der Waals surface area contributed by atoms with Crippen LogP contribution in [-0.2, 0) is 5.88 Å². The van der Waals surface area contributed by atoms with Crippen molar-refractivity contribution in [1.29, 1.82) is 0 Å². The number of pyridine rings is 1. The molecule has 0 saturated heterocycles. The number of alkyl halides is 3. The van der Waals surface area contributed by atoms with E-state index < -0.39 is 17.7 Å². The summed E-state index contributed by atoms with van der Waals surface area (Å²) in [5.74, 6) is -0.0144. The maximum absolute atomic E-state index is 12.1. The van der Waals surface area contributed by atoms with E-state index in [1.807, 2.05) is 4.98 Å². The molecule has 0 unspecified atom stereocenters. The van der Waals surface area contributed by atoms with Crippen molar-refractivity contribution in [1.82, 2.24) is 4.98 Å². The Labute approximate surface area is 86.0 Å². The fraction of sp³-hybridized carbons (Fsp3) is 0.286. The third-order valence-corrected chi connectivity index (χ3v) is 2.45. The zero-order valence-electron chi connectivity index (χ0n) is 6.28. The molecule has 2 nitrogen and oxygen atoms in total. The number of nitrogens with one attached hydrogen (secondary N) is 1. The van der Waals surface area contributed by atoms with E-state index in [1.54, 1.807) is 0 Å². The molecule has 0 radical (unpaired) electrons. The van der Waals surface area contributed by atoms with Crippen molar-refractivity contribution in [2.24, 2.45) is 0 Å². The van der Waals surface area contributed by atoms with E-state index in [1.165, 1.54) is 0 Å². The third kappa shape index (κ3) is 2.28. The maximum Gasteiger partial charge on any atom is 0.278 e. The summed E-state index contributed by atoms with van der Waals surface area (Å²) in [7, 11) is 0. The van der Waals surface area contributed by atoms with Crippen molar-refractivity contribution in [3.8, 4) is 0 Å². The van der Waals surface area contributed by atoms with E-state index in [0.717, 1.165) is 6.07 Å². The van der Waals surface area contributed by atoms with Gasteiger partial charge >= 0.3 is 0 Å². The van der Waals surface area contributed by atoms with Crippen LogP contribution in [-0.4, -0.2) is 4.98 Å². The Hall–Kier alpha value is -0.420. The summed E-state index contributed by atoms with van der Waals surface area (Å²) in [6, 6.07) is 1.16. The average Bonchev–Trinajstić information content (AvgIpc) is 2.03. The molecule has 72 valence electrons. The molecular weight excluding hydrogens is 267 g/mol. The molecule has 0 aliphatic rings. The van der Waals surface area contributed by atoms with Crippen LogP contribution in [0.15, 0.2) is 15.3 Å². The lowest BCUT2D eigenvalue weighted by Crippen LogP contribution is -2.14. The smallest absolute Gasteiger partial charge is 0.278 e. The SMILES string of the molecule is O=c1[nH]c(C(F)F)cc(Br)c1CCl. The number of hydrogen-bond donors (Lipinski definition) is 1. The molecule has 0 aromatic carbocycles. The fourth-order valence-corrected chi connectivity index (χ4v) is 1.81. The largest absolute Gasteiger partial charge is 0.321 e. The molecule has 1 rings (SSSR count). The summed E-state index contributed by atoms with van der Waals surface area (Å²) >= 11 is 8.42. The molecule has 0 spiro atoms. The quantitative estimate of drug-likeness (QED) is 0.825. The molecule has 6 heteroatoms. The molecule has 0 atom stereocenters. The summed E-state index contributed by atoms with van der Waals surface area (Å²) in [6.45, 7) is 0. The van der Waals surface area contributed by atoms with Crippen molar-refractivity contribution >= 4 is 27.5 Å². The molecule has 0 fully saturated rings. The molecule has 1 aromatic rings. The molecular formula is C7H5BrClF2NO. The Bertz CT molecular complexity index is 366. The van der Waals surface area contributed by atoms with Crippen LogP contribution >= 0.6 is 27.5 Å². The van der Waals surface area contributed by atoms with Crippen molar-refractivity contribution in [2.75, 3.05) is 0 Å². The lowest BCUT2D eigenvalue weighted by Gasteiger charge is -2.03. The summed E-state index contributed by atoms with van der Waals surface area (Å²) in [6.07, 6.45) is -2.69. The third-order valence-electron chi connectivity index (χ3n) is 1.47. The molecule has 0 bridgehead atoms. The highest BCUT2D eigenvalue weighted by Crippen LogP contribution is 2.21. The van der Waals surface area contributed by atoms with Gasteiger partial charge in [0, 0.05) is 10.0 Å². The Balaban J connectivity index is 3.29. The molecule has 1 heterocycles. The van der Waals surface area contributed by atoms with Crippen LogP contribution in [0.1, 0.15) is 17.7 Å². The Morgan fingerprint density at radius 1 is 1.62 bits per heavy atom. The van der Waals surface area contributed by atoms with Gasteiger partial charge in [-0.05, 0) is 6.07 Å². The van der Waals surface area contributed by atoms with Gasteiger partial charge in [-0.1, -0.05) is 15.9 Å². The second-order valence-corrected chi connectivity index (χ2v) is 3.44. The first-order valence-corrected chi connectivity index (χ1v) is 4.64. The predicted octanol–water partition coefficient (Wildman–Crippen LogP) is 2.81. The molecule has 0 saturated carbocycles.